The van der Waals surface area contributed by atoms with E-state index in [4.69, 9.17) is 0 Å². The van der Waals surface area contributed by atoms with Crippen molar-refractivity contribution in [1.29, 1.82) is 0 Å². The van der Waals surface area contributed by atoms with Crippen molar-refractivity contribution in [1.82, 2.24) is 9.55 Å². The Morgan fingerprint density at radius 1 is 1.33 bits per heavy atom. The molecular weight excluding hydrogens is 243 g/mol. The van der Waals surface area contributed by atoms with Gasteiger partial charge in [0.2, 0.25) is 5.95 Å². The van der Waals surface area contributed by atoms with Crippen molar-refractivity contribution >= 4 is 5.95 Å². The topological polar surface area (TPSA) is 29.9 Å². The zero-order valence-electron chi connectivity index (χ0n) is 10.8. The molecule has 0 atom stereocenters. The van der Waals surface area contributed by atoms with Gasteiger partial charge in [0, 0.05) is 25.7 Å². The molecule has 1 aromatic rings. The Balaban J connectivity index is 2.41. The number of nitrogens with one attached hydrogen (secondary N) is 1. The van der Waals surface area contributed by atoms with Crippen molar-refractivity contribution in [3.63, 3.8) is 0 Å². The molecule has 0 bridgehead atoms. The van der Waals surface area contributed by atoms with Gasteiger partial charge in [-0.15, -0.1) is 0 Å². The van der Waals surface area contributed by atoms with E-state index in [1.54, 1.807) is 0 Å². The smallest absolute Gasteiger partial charge is 0.356 e. The summed E-state index contributed by atoms with van der Waals surface area (Å²) in [6, 6.07) is 0. The Morgan fingerprint density at radius 2 is 2.06 bits per heavy atom. The molecule has 1 rings (SSSR count). The zero-order valence-corrected chi connectivity index (χ0v) is 10.8. The van der Waals surface area contributed by atoms with Gasteiger partial charge >= 0.3 is 6.18 Å². The second-order valence-corrected chi connectivity index (χ2v) is 4.40. The van der Waals surface area contributed by atoms with E-state index >= 15 is 0 Å². The summed E-state index contributed by atoms with van der Waals surface area (Å²) in [5.41, 5.74) is 0.879. The first-order valence-corrected chi connectivity index (χ1v) is 6.27. The number of anilines is 1. The molecule has 0 unspecified atom stereocenters. The molecule has 1 heterocycles. The summed E-state index contributed by atoms with van der Waals surface area (Å²) >= 11 is 0. The van der Waals surface area contributed by atoms with Crippen LogP contribution in [-0.2, 0) is 6.54 Å². The summed E-state index contributed by atoms with van der Waals surface area (Å²) in [4.78, 5) is 4.27. The summed E-state index contributed by atoms with van der Waals surface area (Å²) in [7, 11) is 0. The molecule has 0 aliphatic heterocycles. The lowest BCUT2D eigenvalue weighted by Gasteiger charge is -2.10. The third-order valence-corrected chi connectivity index (χ3v) is 2.57. The van der Waals surface area contributed by atoms with Crippen LogP contribution in [0.1, 0.15) is 38.3 Å². The fraction of sp³-hybridized carbons (Fsp3) is 0.750. The number of hydrogen-bond acceptors (Lipinski definition) is 2. The number of aryl methyl sites for hydroxylation is 2. The van der Waals surface area contributed by atoms with Gasteiger partial charge in [0.05, 0.1) is 5.69 Å². The van der Waals surface area contributed by atoms with Gasteiger partial charge in [0.15, 0.2) is 0 Å². The molecule has 0 saturated carbocycles. The number of halogens is 3. The van der Waals surface area contributed by atoms with Gasteiger partial charge in [-0.25, -0.2) is 4.98 Å². The lowest BCUT2D eigenvalue weighted by atomic mass is 10.3. The molecule has 0 radical (unpaired) electrons. The van der Waals surface area contributed by atoms with Crippen LogP contribution in [0.5, 0.6) is 0 Å². The van der Waals surface area contributed by atoms with Crippen LogP contribution in [0.15, 0.2) is 6.20 Å². The van der Waals surface area contributed by atoms with Crippen LogP contribution >= 0.6 is 0 Å². The Kier molecular flexibility index (Phi) is 5.50. The van der Waals surface area contributed by atoms with E-state index in [9.17, 15) is 13.2 Å². The third-order valence-electron chi connectivity index (χ3n) is 2.57. The number of rotatable bonds is 7. The van der Waals surface area contributed by atoms with E-state index < -0.39 is 12.6 Å². The highest BCUT2D eigenvalue weighted by molar-refractivity contribution is 5.28. The minimum Gasteiger partial charge on any atom is -0.356 e. The minimum absolute atomic E-state index is 0.0726. The van der Waals surface area contributed by atoms with E-state index in [0.717, 1.165) is 25.1 Å². The van der Waals surface area contributed by atoms with Crippen molar-refractivity contribution in [2.24, 2.45) is 0 Å². The largest absolute Gasteiger partial charge is 0.389 e. The average molecular weight is 263 g/mol. The number of imidazole rings is 1. The lowest BCUT2D eigenvalue weighted by Crippen LogP contribution is -2.13. The van der Waals surface area contributed by atoms with E-state index in [2.05, 4.69) is 17.2 Å². The molecule has 1 N–H and O–H groups in total. The predicted molar refractivity (Wildman–Crippen MR) is 65.7 cm³/mol. The molecule has 0 fully saturated rings. The maximum atomic E-state index is 12.0. The molecule has 3 nitrogen and oxygen atoms in total. The summed E-state index contributed by atoms with van der Waals surface area (Å²) < 4.78 is 37.9. The highest BCUT2D eigenvalue weighted by Gasteiger charge is 2.25. The number of hydrogen-bond donors (Lipinski definition) is 1. The third kappa shape index (κ3) is 5.42. The Labute approximate surface area is 105 Å². The average Bonchev–Trinajstić information content (AvgIpc) is 2.61. The van der Waals surface area contributed by atoms with Crippen molar-refractivity contribution in [3.05, 3.63) is 11.9 Å². The first kappa shape index (κ1) is 14.9. The molecule has 1 aromatic heterocycles. The van der Waals surface area contributed by atoms with Gasteiger partial charge < -0.3 is 9.88 Å². The SMILES string of the molecule is CCCCn1cc(C)nc1NCCCC(F)(F)F. The molecule has 18 heavy (non-hydrogen) atoms. The van der Waals surface area contributed by atoms with Gasteiger partial charge in [0.25, 0.3) is 0 Å². The van der Waals surface area contributed by atoms with Crippen molar-refractivity contribution in [2.75, 3.05) is 11.9 Å². The monoisotopic (exact) mass is 263 g/mol. The molecule has 0 aliphatic rings. The van der Waals surface area contributed by atoms with E-state index in [0.29, 0.717) is 12.5 Å². The van der Waals surface area contributed by atoms with Gasteiger partial charge in [0.1, 0.15) is 0 Å². The van der Waals surface area contributed by atoms with Crippen LogP contribution < -0.4 is 5.32 Å². The molecule has 0 spiro atoms. The Bertz CT molecular complexity index is 358. The molecule has 104 valence electrons. The quantitative estimate of drug-likeness (QED) is 0.759. The Morgan fingerprint density at radius 3 is 2.67 bits per heavy atom. The number of alkyl halides is 3. The van der Waals surface area contributed by atoms with Gasteiger partial charge in [-0.05, 0) is 19.8 Å². The highest BCUT2D eigenvalue weighted by Crippen LogP contribution is 2.21. The molecule has 6 heteroatoms. The van der Waals surface area contributed by atoms with Crippen LogP contribution in [0.25, 0.3) is 0 Å². The van der Waals surface area contributed by atoms with E-state index in [1.165, 1.54) is 0 Å². The van der Waals surface area contributed by atoms with Crippen molar-refractivity contribution < 1.29 is 13.2 Å². The maximum Gasteiger partial charge on any atom is 0.389 e. The molecular formula is C12H20F3N3. The van der Waals surface area contributed by atoms with Crippen LogP contribution in [0.3, 0.4) is 0 Å². The van der Waals surface area contributed by atoms with E-state index in [-0.39, 0.29) is 6.42 Å². The summed E-state index contributed by atoms with van der Waals surface area (Å²) in [5, 5.41) is 2.97. The highest BCUT2D eigenvalue weighted by atomic mass is 19.4. The normalized spacial score (nSPS) is 11.8. The van der Waals surface area contributed by atoms with Crippen LogP contribution in [-0.4, -0.2) is 22.3 Å². The van der Waals surface area contributed by atoms with E-state index in [1.807, 2.05) is 17.7 Å². The minimum atomic E-state index is -4.07. The first-order chi connectivity index (χ1) is 8.42. The van der Waals surface area contributed by atoms with Crippen LogP contribution in [0.4, 0.5) is 19.1 Å². The number of nitrogens with zero attached hydrogens (tertiary/aromatic N) is 2. The molecule has 0 amide bonds. The summed E-state index contributed by atoms with van der Waals surface area (Å²) in [6.07, 6.45) is -0.730. The van der Waals surface area contributed by atoms with Crippen molar-refractivity contribution in [2.45, 2.75) is 52.3 Å². The molecule has 0 aromatic carbocycles. The predicted octanol–water partition coefficient (Wildman–Crippen LogP) is 3.75. The van der Waals surface area contributed by atoms with Crippen LogP contribution in [0, 0.1) is 6.92 Å². The second kappa shape index (κ2) is 6.66. The maximum absolute atomic E-state index is 12.0. The van der Waals surface area contributed by atoms with Gasteiger partial charge in [-0.3, -0.25) is 0 Å². The molecule has 0 saturated heterocycles. The second-order valence-electron chi connectivity index (χ2n) is 4.40. The molecule has 0 aliphatic carbocycles. The number of aromatic nitrogens is 2. The number of unbranched alkanes of at least 4 members (excludes halogenated alkanes) is 1. The van der Waals surface area contributed by atoms with Gasteiger partial charge in [-0.2, -0.15) is 13.2 Å². The summed E-state index contributed by atoms with van der Waals surface area (Å²) in [5.74, 6) is 0.670. The first-order valence-electron chi connectivity index (χ1n) is 6.27. The standard InChI is InChI=1S/C12H20F3N3/c1-3-4-8-18-9-10(2)17-11(18)16-7-5-6-12(13,14)15/h9H,3-8H2,1-2H3,(H,16,17). The zero-order chi connectivity index (χ0) is 13.6. The lowest BCUT2D eigenvalue weighted by molar-refractivity contribution is -0.134. The summed E-state index contributed by atoms with van der Waals surface area (Å²) in [6.45, 7) is 5.12. The van der Waals surface area contributed by atoms with Gasteiger partial charge in [-0.1, -0.05) is 13.3 Å². The Hall–Kier alpha value is -1.20. The fourth-order valence-electron chi connectivity index (χ4n) is 1.68. The fourth-order valence-corrected chi connectivity index (χ4v) is 1.68. The van der Waals surface area contributed by atoms with Crippen LogP contribution in [0.2, 0.25) is 0 Å². The van der Waals surface area contributed by atoms with Crippen molar-refractivity contribution in [3.8, 4) is 0 Å².